The van der Waals surface area contributed by atoms with Crippen molar-refractivity contribution in [1.29, 1.82) is 0 Å². The molecule has 1 fully saturated rings. The summed E-state index contributed by atoms with van der Waals surface area (Å²) in [6.07, 6.45) is 5.47. The Hall–Kier alpha value is -0.940. The molecule has 0 aromatic carbocycles. The van der Waals surface area contributed by atoms with Gasteiger partial charge in [-0.2, -0.15) is 0 Å². The van der Waals surface area contributed by atoms with Gasteiger partial charge in [0.15, 0.2) is 0 Å². The van der Waals surface area contributed by atoms with E-state index in [2.05, 4.69) is 20.9 Å². The van der Waals surface area contributed by atoms with Gasteiger partial charge < -0.3 is 9.64 Å². The van der Waals surface area contributed by atoms with E-state index in [4.69, 9.17) is 4.74 Å². The minimum atomic E-state index is 0.0401. The fourth-order valence-electron chi connectivity index (χ4n) is 1.72. The molecule has 0 unspecified atom stereocenters. The topological polar surface area (TPSA) is 42.4 Å². The van der Waals surface area contributed by atoms with Gasteiger partial charge in [-0.3, -0.25) is 9.78 Å². The van der Waals surface area contributed by atoms with Gasteiger partial charge in [0, 0.05) is 36.6 Å². The fourth-order valence-corrected chi connectivity index (χ4v) is 2.09. The normalized spacial score (nSPS) is 14.7. The number of carbonyl (C=O) groups excluding carboxylic acids is 1. The molecule has 1 aromatic heterocycles. The molecule has 4 nitrogen and oxygen atoms in total. The monoisotopic (exact) mass is 298 g/mol. The molecule has 1 saturated carbocycles. The summed E-state index contributed by atoms with van der Waals surface area (Å²) < 4.78 is 5.87. The number of halogens is 1. The summed E-state index contributed by atoms with van der Waals surface area (Å²) in [6, 6.07) is 2.19. The van der Waals surface area contributed by atoms with Crippen molar-refractivity contribution in [3.8, 4) is 0 Å². The predicted molar refractivity (Wildman–Crippen MR) is 67.9 cm³/mol. The average molecular weight is 299 g/mol. The van der Waals surface area contributed by atoms with Gasteiger partial charge in [-0.25, -0.2) is 0 Å². The van der Waals surface area contributed by atoms with E-state index < -0.39 is 0 Å². The smallest absolute Gasteiger partial charge is 0.255 e. The Kier molecular flexibility index (Phi) is 4.12. The molecule has 17 heavy (non-hydrogen) atoms. The molecular weight excluding hydrogens is 284 g/mol. The molecule has 1 amide bonds. The molecule has 0 bridgehead atoms. The zero-order chi connectivity index (χ0) is 12.3. The van der Waals surface area contributed by atoms with Crippen LogP contribution in [0.5, 0.6) is 0 Å². The van der Waals surface area contributed by atoms with Crippen molar-refractivity contribution in [2.75, 3.05) is 20.3 Å². The quantitative estimate of drug-likeness (QED) is 0.836. The van der Waals surface area contributed by atoms with E-state index in [1.54, 1.807) is 25.6 Å². The van der Waals surface area contributed by atoms with Crippen LogP contribution >= 0.6 is 15.9 Å². The maximum Gasteiger partial charge on any atom is 0.255 e. The van der Waals surface area contributed by atoms with Crippen LogP contribution in [0.1, 0.15) is 23.2 Å². The first-order chi connectivity index (χ1) is 8.22. The van der Waals surface area contributed by atoms with Crippen LogP contribution in [-0.2, 0) is 4.74 Å². The van der Waals surface area contributed by atoms with Crippen LogP contribution in [0, 0.1) is 0 Å². The maximum absolute atomic E-state index is 12.3. The van der Waals surface area contributed by atoms with Crippen molar-refractivity contribution in [3.63, 3.8) is 0 Å². The number of ether oxygens (including phenoxy) is 1. The van der Waals surface area contributed by atoms with Crippen molar-refractivity contribution < 1.29 is 9.53 Å². The second kappa shape index (κ2) is 5.60. The fraction of sp³-hybridized carbons (Fsp3) is 0.500. The van der Waals surface area contributed by atoms with E-state index in [9.17, 15) is 4.79 Å². The molecule has 0 spiro atoms. The lowest BCUT2D eigenvalue weighted by Gasteiger charge is -2.21. The third-order valence-electron chi connectivity index (χ3n) is 2.74. The zero-order valence-electron chi connectivity index (χ0n) is 9.73. The molecule has 92 valence electrons. The summed E-state index contributed by atoms with van der Waals surface area (Å²) in [4.78, 5) is 18.2. The molecule has 1 aliphatic rings. The molecule has 0 saturated heterocycles. The predicted octanol–water partition coefficient (Wildman–Crippen LogP) is 2.10. The first-order valence-corrected chi connectivity index (χ1v) is 6.42. The van der Waals surface area contributed by atoms with Crippen LogP contribution in [-0.4, -0.2) is 42.1 Å². The summed E-state index contributed by atoms with van der Waals surface area (Å²) in [5, 5.41) is 0. The molecule has 0 atom stereocenters. The molecule has 2 rings (SSSR count). The Morgan fingerprint density at radius 2 is 2.35 bits per heavy atom. The molecule has 1 heterocycles. The van der Waals surface area contributed by atoms with Gasteiger partial charge in [-0.05, 0) is 34.8 Å². The number of carbonyl (C=O) groups is 1. The largest absolute Gasteiger partial charge is 0.383 e. The van der Waals surface area contributed by atoms with E-state index in [0.717, 1.165) is 17.3 Å². The second-order valence-corrected chi connectivity index (χ2v) is 5.03. The summed E-state index contributed by atoms with van der Waals surface area (Å²) in [5.41, 5.74) is 0.627. The zero-order valence-corrected chi connectivity index (χ0v) is 11.3. The third kappa shape index (κ3) is 3.26. The number of amides is 1. The van der Waals surface area contributed by atoms with Crippen LogP contribution in [0.2, 0.25) is 0 Å². The lowest BCUT2D eigenvalue weighted by Crippen LogP contribution is -2.35. The van der Waals surface area contributed by atoms with Crippen molar-refractivity contribution in [2.45, 2.75) is 18.9 Å². The highest BCUT2D eigenvalue weighted by Crippen LogP contribution is 2.28. The standard InChI is InChI=1S/C12H15BrN2O2/c1-17-5-4-15(11-2-3-11)12(16)9-6-10(13)8-14-7-9/h6-8,11H,2-5H2,1H3. The number of hydrogen-bond acceptors (Lipinski definition) is 3. The lowest BCUT2D eigenvalue weighted by atomic mass is 10.2. The van der Waals surface area contributed by atoms with Crippen LogP contribution in [0.4, 0.5) is 0 Å². The highest BCUT2D eigenvalue weighted by molar-refractivity contribution is 9.10. The Morgan fingerprint density at radius 3 is 2.94 bits per heavy atom. The highest BCUT2D eigenvalue weighted by Gasteiger charge is 2.32. The van der Waals surface area contributed by atoms with E-state index in [1.165, 1.54) is 0 Å². The first-order valence-electron chi connectivity index (χ1n) is 5.63. The second-order valence-electron chi connectivity index (χ2n) is 4.11. The maximum atomic E-state index is 12.3. The Balaban J connectivity index is 2.10. The van der Waals surface area contributed by atoms with Gasteiger partial charge in [-0.1, -0.05) is 0 Å². The van der Waals surface area contributed by atoms with Gasteiger partial charge >= 0.3 is 0 Å². The molecule has 0 N–H and O–H groups in total. The Labute approximate surface area is 109 Å². The molecule has 5 heteroatoms. The first kappa shape index (κ1) is 12.5. The van der Waals surface area contributed by atoms with Gasteiger partial charge in [0.1, 0.15) is 0 Å². The van der Waals surface area contributed by atoms with Gasteiger partial charge in [0.2, 0.25) is 0 Å². The number of rotatable bonds is 5. The van der Waals surface area contributed by atoms with Crippen LogP contribution in [0.3, 0.4) is 0 Å². The minimum absolute atomic E-state index is 0.0401. The van der Waals surface area contributed by atoms with Crippen LogP contribution in [0.25, 0.3) is 0 Å². The molecule has 0 aliphatic heterocycles. The molecular formula is C12H15BrN2O2. The molecule has 1 aromatic rings. The van der Waals surface area contributed by atoms with E-state index in [0.29, 0.717) is 24.8 Å². The van der Waals surface area contributed by atoms with Crippen LogP contribution in [0.15, 0.2) is 22.9 Å². The minimum Gasteiger partial charge on any atom is -0.383 e. The average Bonchev–Trinajstić information content (AvgIpc) is 3.14. The number of pyridine rings is 1. The summed E-state index contributed by atoms with van der Waals surface area (Å²) in [6.45, 7) is 1.22. The van der Waals surface area contributed by atoms with Gasteiger partial charge in [-0.15, -0.1) is 0 Å². The Morgan fingerprint density at radius 1 is 1.59 bits per heavy atom. The summed E-state index contributed by atoms with van der Waals surface area (Å²) in [7, 11) is 1.65. The number of aromatic nitrogens is 1. The summed E-state index contributed by atoms with van der Waals surface area (Å²) >= 11 is 3.33. The van der Waals surface area contributed by atoms with Gasteiger partial charge in [0.25, 0.3) is 5.91 Å². The SMILES string of the molecule is COCCN(C(=O)c1cncc(Br)c1)C1CC1. The van der Waals surface area contributed by atoms with E-state index >= 15 is 0 Å². The van der Waals surface area contributed by atoms with Crippen molar-refractivity contribution >= 4 is 21.8 Å². The lowest BCUT2D eigenvalue weighted by molar-refractivity contribution is 0.0679. The Bertz CT molecular complexity index is 407. The number of methoxy groups -OCH3 is 1. The highest BCUT2D eigenvalue weighted by atomic mass is 79.9. The van der Waals surface area contributed by atoms with E-state index in [1.807, 2.05) is 4.90 Å². The van der Waals surface area contributed by atoms with Crippen molar-refractivity contribution in [2.24, 2.45) is 0 Å². The summed E-state index contributed by atoms with van der Waals surface area (Å²) in [5.74, 6) is 0.0401. The van der Waals surface area contributed by atoms with E-state index in [-0.39, 0.29) is 5.91 Å². The number of hydrogen-bond donors (Lipinski definition) is 0. The van der Waals surface area contributed by atoms with Crippen LogP contribution < -0.4 is 0 Å². The van der Waals surface area contributed by atoms with Crippen molar-refractivity contribution in [3.05, 3.63) is 28.5 Å². The third-order valence-corrected chi connectivity index (χ3v) is 3.17. The van der Waals surface area contributed by atoms with Crippen molar-refractivity contribution in [1.82, 2.24) is 9.88 Å². The van der Waals surface area contributed by atoms with Gasteiger partial charge in [0.05, 0.1) is 12.2 Å². The molecule has 1 aliphatic carbocycles. The number of nitrogens with zero attached hydrogens (tertiary/aromatic N) is 2. The molecule has 0 radical (unpaired) electrons.